The van der Waals surface area contributed by atoms with E-state index in [2.05, 4.69) is 68.5 Å². The van der Waals surface area contributed by atoms with Gasteiger partial charge in [-0.3, -0.25) is 9.59 Å². The summed E-state index contributed by atoms with van der Waals surface area (Å²) in [6.45, 7) is 6.70. The molecule has 4 aromatic heterocycles. The molecule has 2 aliphatic rings. The molecule has 0 saturated carbocycles. The molecule has 2 aliphatic heterocycles. The molecule has 6 aromatic rings. The van der Waals surface area contributed by atoms with E-state index in [1.807, 2.05) is 0 Å². The predicted octanol–water partition coefficient (Wildman–Crippen LogP) is 4.90. The molecule has 0 radical (unpaired) electrons. The minimum Gasteiger partial charge on any atom is -0.492 e. The van der Waals surface area contributed by atoms with Crippen LogP contribution in [0.1, 0.15) is 73.8 Å². The summed E-state index contributed by atoms with van der Waals surface area (Å²) in [5, 5.41) is 27.4. The van der Waals surface area contributed by atoms with Crippen LogP contribution >= 0.6 is 38.6 Å². The topological polar surface area (TPSA) is 249 Å². The Morgan fingerprint density at radius 2 is 1.27 bits per heavy atom. The van der Waals surface area contributed by atoms with Crippen molar-refractivity contribution in [3.8, 4) is 56.6 Å². The average Bonchev–Trinajstić information content (AvgIpc) is 3.98. The average molecular weight is 910 g/mol. The highest BCUT2D eigenvalue weighted by Crippen LogP contribution is 2.42. The van der Waals surface area contributed by atoms with Crippen LogP contribution in [0.2, 0.25) is 0 Å². The number of carbonyl (C=O) groups excluding carboxylic acids is 2. The Labute approximate surface area is 350 Å². The first-order chi connectivity index (χ1) is 27.9. The van der Waals surface area contributed by atoms with E-state index in [9.17, 15) is 28.6 Å². The number of hydrogen-bond acceptors (Lipinski definition) is 16. The number of benzene rings is 2. The van der Waals surface area contributed by atoms with Gasteiger partial charge in [0, 0.05) is 49.9 Å². The minimum absolute atomic E-state index is 0.0168. The maximum atomic E-state index is 14.6. The highest BCUT2D eigenvalue weighted by molar-refractivity contribution is 9.10. The van der Waals surface area contributed by atoms with Gasteiger partial charge < -0.3 is 40.2 Å². The fourth-order valence-electron chi connectivity index (χ4n) is 5.27. The molecular weight excluding hydrogens is 878 g/mol. The van der Waals surface area contributed by atoms with Crippen LogP contribution in [0, 0.1) is 49.7 Å². The van der Waals surface area contributed by atoms with Gasteiger partial charge in [0.2, 0.25) is 23.4 Å². The van der Waals surface area contributed by atoms with Gasteiger partial charge in [0.25, 0.3) is 11.8 Å². The van der Waals surface area contributed by atoms with Crippen molar-refractivity contribution in [2.45, 2.75) is 51.7 Å². The summed E-state index contributed by atoms with van der Waals surface area (Å²) in [5.41, 5.74) is 10.2. The molecule has 0 fully saturated rings. The normalized spacial score (nSPS) is 14.2. The van der Waals surface area contributed by atoms with E-state index in [1.54, 1.807) is 19.9 Å². The molecule has 8 rings (SSSR count). The van der Waals surface area contributed by atoms with Crippen LogP contribution in [0.15, 0.2) is 37.8 Å². The van der Waals surface area contributed by atoms with E-state index in [1.165, 1.54) is 43.4 Å². The number of primary amides is 2. The number of terminal acetylenes is 1. The van der Waals surface area contributed by atoms with Crippen LogP contribution in [0.4, 0.5) is 8.78 Å². The smallest absolute Gasteiger partial charge is 0.277 e. The first-order valence-corrected chi connectivity index (χ1v) is 19.5. The summed E-state index contributed by atoms with van der Waals surface area (Å²) >= 11 is 5.47. The maximum absolute atomic E-state index is 14.6. The van der Waals surface area contributed by atoms with Crippen LogP contribution in [0.25, 0.3) is 20.9 Å². The third-order valence-electron chi connectivity index (χ3n) is 8.24. The summed E-state index contributed by atoms with van der Waals surface area (Å²) in [7, 11) is 0. The second kappa shape index (κ2) is 17.0. The number of halogens is 3. The van der Waals surface area contributed by atoms with E-state index in [0.717, 1.165) is 27.5 Å². The number of thiazole rings is 2. The van der Waals surface area contributed by atoms with Crippen LogP contribution in [-0.2, 0) is 24.0 Å². The summed E-state index contributed by atoms with van der Waals surface area (Å²) in [6.07, 6.45) is 6.05. The Balaban J connectivity index is 0.000000166. The van der Waals surface area contributed by atoms with Crippen molar-refractivity contribution in [2.24, 2.45) is 11.5 Å². The molecule has 2 amide bonds. The first-order valence-electron chi connectivity index (χ1n) is 17.1. The van der Waals surface area contributed by atoms with Crippen LogP contribution in [-0.4, -0.2) is 65.5 Å². The van der Waals surface area contributed by atoms with Crippen molar-refractivity contribution in [1.82, 2.24) is 30.2 Å². The zero-order valence-electron chi connectivity index (χ0n) is 31.3. The Morgan fingerprint density at radius 1 is 0.797 bits per heavy atom. The molecule has 0 bridgehead atoms. The number of aryl methyl sites for hydroxylation is 2. The monoisotopic (exact) mass is 908 g/mol. The van der Waals surface area contributed by atoms with Gasteiger partial charge >= 0.3 is 0 Å². The predicted molar refractivity (Wildman–Crippen MR) is 211 cm³/mol. The first kappa shape index (κ1) is 42.5. The highest BCUT2D eigenvalue weighted by Gasteiger charge is 2.29. The Kier molecular flexibility index (Phi) is 12.3. The van der Waals surface area contributed by atoms with Gasteiger partial charge in [0.1, 0.15) is 23.1 Å². The van der Waals surface area contributed by atoms with E-state index >= 15 is 0 Å². The molecule has 16 nitrogen and oxygen atoms in total. The van der Waals surface area contributed by atoms with E-state index < -0.39 is 28.8 Å². The molecule has 2 aromatic carbocycles. The van der Waals surface area contributed by atoms with Gasteiger partial charge in [0.15, 0.2) is 21.2 Å². The molecule has 304 valence electrons. The van der Waals surface area contributed by atoms with Crippen LogP contribution < -0.4 is 20.9 Å². The summed E-state index contributed by atoms with van der Waals surface area (Å²) in [5.74, 6) is 6.71. The quantitative estimate of drug-likeness (QED) is 0.172. The van der Waals surface area contributed by atoms with Crippen molar-refractivity contribution >= 4 is 50.4 Å². The lowest BCUT2D eigenvalue weighted by molar-refractivity contribution is 0.0991. The number of aliphatic hydroxyl groups is 2. The summed E-state index contributed by atoms with van der Waals surface area (Å²) in [6, 6.07) is 5.70. The molecule has 0 spiro atoms. The number of nitrogens with two attached hydrogens (primary N) is 2. The second-order valence-electron chi connectivity index (χ2n) is 12.9. The van der Waals surface area contributed by atoms with Crippen molar-refractivity contribution in [3.63, 3.8) is 0 Å². The molecule has 6 N–H and O–H groups in total. The second-order valence-corrected chi connectivity index (χ2v) is 15.8. The van der Waals surface area contributed by atoms with Crippen molar-refractivity contribution in [2.75, 3.05) is 13.2 Å². The third kappa shape index (κ3) is 9.46. The molecule has 21 heteroatoms. The fourth-order valence-corrected chi connectivity index (χ4v) is 7.58. The van der Waals surface area contributed by atoms with E-state index in [0.29, 0.717) is 57.4 Å². The number of aromatic nitrogens is 6. The van der Waals surface area contributed by atoms with Crippen molar-refractivity contribution < 1.29 is 47.1 Å². The van der Waals surface area contributed by atoms with Crippen LogP contribution in [0.5, 0.6) is 11.5 Å². The lowest BCUT2D eigenvalue weighted by Gasteiger charge is -2.11. The zero-order valence-corrected chi connectivity index (χ0v) is 34.6. The minimum atomic E-state index is -1.73. The zero-order chi connectivity index (χ0) is 42.8. The van der Waals surface area contributed by atoms with E-state index in [-0.39, 0.29) is 45.5 Å². The number of ether oxygens (including phenoxy) is 2. The number of amides is 2. The standard InChI is InChI=1S/C19H15FN4O4S.C12H8BrFN2O2S.C7H8N2O2/c1-9-22-18(24-28-9)19(2,26)5-3-10-7-11-14(8-12(10)20)27-6-4-13-15(11)29-17(23-13)16(21)25;13-6-3-5-9(4-7(6)14)18-2-1-8-10(5)19-12(16-8)11(15)17;1-4-7(3,10)6-8-5(2)11-9-6/h7-8,26H,4,6H2,1-2H3,(H2,21,25);3-4H,1-2H2,(H2,15,17);1,10H,2-3H3/t19-;;7-/m1.1/s1. The number of fused-ring (bicyclic) bond motifs is 6. The summed E-state index contributed by atoms with van der Waals surface area (Å²) in [4.78, 5) is 40.4. The Morgan fingerprint density at radius 3 is 1.73 bits per heavy atom. The third-order valence-corrected chi connectivity index (χ3v) is 11.1. The SMILES string of the molecule is C#C[C@@](C)(O)c1noc(C)n1.Cc1nc([C@](C)(O)C#Cc2cc3c(cc2F)OCCc2nc(C(N)=O)sc2-3)no1.NC(=O)c1nc2c(s1)-c1cc(Br)c(F)cc1OCC2. The molecule has 59 heavy (non-hydrogen) atoms. The fraction of sp³-hybridized carbons (Fsp3) is 0.263. The van der Waals surface area contributed by atoms with Gasteiger partial charge in [-0.25, -0.2) is 18.7 Å². The van der Waals surface area contributed by atoms with E-state index in [4.69, 9.17) is 31.9 Å². The number of carbonyl (C=O) groups is 2. The Bertz CT molecular complexity index is 2710. The number of hydrogen-bond donors (Lipinski definition) is 4. The number of nitrogens with zero attached hydrogens (tertiary/aromatic N) is 6. The summed E-state index contributed by atoms with van der Waals surface area (Å²) < 4.78 is 49.1. The van der Waals surface area contributed by atoms with Crippen molar-refractivity contribution in [3.05, 3.63) is 90.8 Å². The molecular formula is C38H31BrF2N8O8S2. The van der Waals surface area contributed by atoms with Gasteiger partial charge in [-0.1, -0.05) is 28.1 Å². The lowest BCUT2D eigenvalue weighted by atomic mass is 10.0. The Hall–Kier alpha value is -6.10. The molecule has 0 aliphatic carbocycles. The largest absolute Gasteiger partial charge is 0.492 e. The van der Waals surface area contributed by atoms with Gasteiger partial charge in [-0.2, -0.15) is 9.97 Å². The molecule has 0 saturated heterocycles. The van der Waals surface area contributed by atoms with Gasteiger partial charge in [-0.15, -0.1) is 29.1 Å². The molecule has 0 unspecified atom stereocenters. The maximum Gasteiger partial charge on any atom is 0.277 e. The number of rotatable bonds is 4. The molecule has 6 heterocycles. The van der Waals surface area contributed by atoms with Crippen LogP contribution in [0.3, 0.4) is 0 Å². The molecule has 2 atom stereocenters. The lowest BCUT2D eigenvalue weighted by Crippen LogP contribution is -2.20. The van der Waals surface area contributed by atoms with Gasteiger partial charge in [0.05, 0.1) is 44.4 Å². The van der Waals surface area contributed by atoms with Crippen molar-refractivity contribution in [1.29, 1.82) is 0 Å². The van der Waals surface area contributed by atoms with Gasteiger partial charge in [-0.05, 0) is 41.9 Å². The highest BCUT2D eigenvalue weighted by atomic mass is 79.9.